The Balaban J connectivity index is 1.77. The van der Waals surface area contributed by atoms with E-state index in [4.69, 9.17) is 14.2 Å². The van der Waals surface area contributed by atoms with Crippen molar-refractivity contribution in [3.63, 3.8) is 0 Å². The zero-order chi connectivity index (χ0) is 13.7. The normalized spacial score (nSPS) is 22.7. The molecule has 0 spiro atoms. The molecule has 1 heterocycles. The van der Waals surface area contributed by atoms with E-state index in [1.54, 1.807) is 7.11 Å². The van der Waals surface area contributed by atoms with Crippen LogP contribution in [0.5, 0.6) is 11.5 Å². The molecule has 0 aromatic heterocycles. The van der Waals surface area contributed by atoms with Gasteiger partial charge in [-0.1, -0.05) is 6.92 Å². The van der Waals surface area contributed by atoms with Crippen molar-refractivity contribution >= 4 is 5.97 Å². The average Bonchev–Trinajstić information content (AvgIpc) is 2.43. The van der Waals surface area contributed by atoms with Gasteiger partial charge in [0.2, 0.25) is 0 Å². The first-order chi connectivity index (χ1) is 9.19. The van der Waals surface area contributed by atoms with Crippen LogP contribution in [0, 0.1) is 5.92 Å². The van der Waals surface area contributed by atoms with Gasteiger partial charge in [0.15, 0.2) is 0 Å². The summed E-state index contributed by atoms with van der Waals surface area (Å²) in [5, 5.41) is 0. The molecule has 1 aliphatic rings. The van der Waals surface area contributed by atoms with E-state index in [1.165, 1.54) is 0 Å². The van der Waals surface area contributed by atoms with Crippen LogP contribution in [0.1, 0.15) is 26.2 Å². The minimum Gasteiger partial charge on any atom is -0.497 e. The van der Waals surface area contributed by atoms with E-state index in [0.29, 0.717) is 18.9 Å². The van der Waals surface area contributed by atoms with Gasteiger partial charge < -0.3 is 14.2 Å². The van der Waals surface area contributed by atoms with Gasteiger partial charge >= 0.3 is 5.97 Å². The number of carbonyl (C=O) groups is 1. The minimum atomic E-state index is -0.0902. The number of rotatable bonds is 5. The number of carbonyl (C=O) groups excluding carboxylic acids is 1. The van der Waals surface area contributed by atoms with Crippen LogP contribution in [0.3, 0.4) is 0 Å². The first kappa shape index (κ1) is 13.7. The predicted molar refractivity (Wildman–Crippen MR) is 71.4 cm³/mol. The summed E-state index contributed by atoms with van der Waals surface area (Å²) >= 11 is 0. The lowest BCUT2D eigenvalue weighted by atomic mass is 9.94. The van der Waals surface area contributed by atoms with Gasteiger partial charge in [0.05, 0.1) is 13.7 Å². The summed E-state index contributed by atoms with van der Waals surface area (Å²) in [6, 6.07) is 7.46. The van der Waals surface area contributed by atoms with Gasteiger partial charge in [0, 0.05) is 12.8 Å². The molecule has 1 fully saturated rings. The molecule has 0 bridgehead atoms. The quantitative estimate of drug-likeness (QED) is 0.767. The number of ether oxygens (including phenoxy) is 3. The molecule has 104 valence electrons. The van der Waals surface area contributed by atoms with Crippen LogP contribution in [0.15, 0.2) is 24.3 Å². The SMILES string of the molecule is COc1ccc(OCC[C@H]2OC(=O)CC[C@@H]2C)cc1. The summed E-state index contributed by atoms with van der Waals surface area (Å²) in [5.74, 6) is 1.93. The van der Waals surface area contributed by atoms with Crippen molar-refractivity contribution in [2.75, 3.05) is 13.7 Å². The molecule has 0 amide bonds. The second-order valence-corrected chi connectivity index (χ2v) is 4.86. The van der Waals surface area contributed by atoms with Crippen molar-refractivity contribution < 1.29 is 19.0 Å². The zero-order valence-corrected chi connectivity index (χ0v) is 11.4. The molecule has 0 unspecified atom stereocenters. The zero-order valence-electron chi connectivity index (χ0n) is 11.4. The van der Waals surface area contributed by atoms with E-state index in [0.717, 1.165) is 24.3 Å². The standard InChI is InChI=1S/C15H20O4/c1-11-3-8-15(16)19-14(11)9-10-18-13-6-4-12(17-2)5-7-13/h4-7,11,14H,3,8-10H2,1-2H3/t11-,14+/m0/s1. The van der Waals surface area contributed by atoms with Crippen molar-refractivity contribution in [2.45, 2.75) is 32.3 Å². The van der Waals surface area contributed by atoms with E-state index in [9.17, 15) is 4.79 Å². The summed E-state index contributed by atoms with van der Waals surface area (Å²) in [4.78, 5) is 11.2. The second-order valence-electron chi connectivity index (χ2n) is 4.86. The summed E-state index contributed by atoms with van der Waals surface area (Å²) in [6.07, 6.45) is 2.17. The molecule has 0 radical (unpaired) electrons. The third-order valence-corrected chi connectivity index (χ3v) is 3.45. The Bertz CT molecular complexity index is 413. The molecule has 0 aliphatic carbocycles. The largest absolute Gasteiger partial charge is 0.497 e. The predicted octanol–water partition coefficient (Wildman–Crippen LogP) is 2.81. The van der Waals surface area contributed by atoms with E-state index < -0.39 is 0 Å². The lowest BCUT2D eigenvalue weighted by Gasteiger charge is -2.28. The molecular weight excluding hydrogens is 244 g/mol. The fraction of sp³-hybridized carbons (Fsp3) is 0.533. The van der Waals surface area contributed by atoms with Gasteiger partial charge in [0.1, 0.15) is 17.6 Å². The van der Waals surface area contributed by atoms with Gasteiger partial charge in [-0.2, -0.15) is 0 Å². The summed E-state index contributed by atoms with van der Waals surface area (Å²) in [5.41, 5.74) is 0. The van der Waals surface area contributed by atoms with Crippen LogP contribution >= 0.6 is 0 Å². The van der Waals surface area contributed by atoms with Gasteiger partial charge in [-0.15, -0.1) is 0 Å². The molecule has 1 aliphatic heterocycles. The van der Waals surface area contributed by atoms with Crippen LogP contribution in [-0.2, 0) is 9.53 Å². The van der Waals surface area contributed by atoms with Crippen molar-refractivity contribution in [3.8, 4) is 11.5 Å². The van der Waals surface area contributed by atoms with Gasteiger partial charge in [-0.05, 0) is 36.6 Å². The maximum absolute atomic E-state index is 11.2. The van der Waals surface area contributed by atoms with Gasteiger partial charge in [0.25, 0.3) is 0 Å². The Labute approximate surface area is 113 Å². The molecule has 1 saturated heterocycles. The van der Waals surface area contributed by atoms with E-state index >= 15 is 0 Å². The first-order valence-corrected chi connectivity index (χ1v) is 6.65. The molecule has 2 atom stereocenters. The molecule has 4 nitrogen and oxygen atoms in total. The molecule has 2 rings (SSSR count). The van der Waals surface area contributed by atoms with Crippen LogP contribution in [-0.4, -0.2) is 25.8 Å². The maximum Gasteiger partial charge on any atom is 0.306 e. The lowest BCUT2D eigenvalue weighted by molar-refractivity contribution is -0.158. The Morgan fingerprint density at radius 2 is 1.95 bits per heavy atom. The number of esters is 1. The lowest BCUT2D eigenvalue weighted by Crippen LogP contribution is -2.32. The number of methoxy groups -OCH3 is 1. The summed E-state index contributed by atoms with van der Waals surface area (Å²) < 4.78 is 16.1. The fourth-order valence-electron chi connectivity index (χ4n) is 2.18. The summed E-state index contributed by atoms with van der Waals surface area (Å²) in [7, 11) is 1.63. The van der Waals surface area contributed by atoms with Crippen molar-refractivity contribution in [3.05, 3.63) is 24.3 Å². The number of cyclic esters (lactones) is 1. The molecule has 0 N–H and O–H groups in total. The van der Waals surface area contributed by atoms with Crippen LogP contribution in [0.25, 0.3) is 0 Å². The molecule has 0 saturated carbocycles. The third-order valence-electron chi connectivity index (χ3n) is 3.45. The van der Waals surface area contributed by atoms with Gasteiger partial charge in [-0.25, -0.2) is 0 Å². The number of hydrogen-bond acceptors (Lipinski definition) is 4. The molecule has 1 aromatic carbocycles. The molecule has 19 heavy (non-hydrogen) atoms. The third kappa shape index (κ3) is 3.88. The monoisotopic (exact) mass is 264 g/mol. The Hall–Kier alpha value is -1.71. The first-order valence-electron chi connectivity index (χ1n) is 6.65. The minimum absolute atomic E-state index is 0.0144. The topological polar surface area (TPSA) is 44.8 Å². The Kier molecular flexibility index (Phi) is 4.66. The highest BCUT2D eigenvalue weighted by molar-refractivity contribution is 5.70. The Morgan fingerprint density at radius 1 is 1.26 bits per heavy atom. The fourth-order valence-corrected chi connectivity index (χ4v) is 2.18. The molecule has 4 heteroatoms. The maximum atomic E-state index is 11.2. The van der Waals surface area contributed by atoms with E-state index in [1.807, 2.05) is 24.3 Å². The van der Waals surface area contributed by atoms with Gasteiger partial charge in [-0.3, -0.25) is 4.79 Å². The van der Waals surface area contributed by atoms with Crippen LogP contribution < -0.4 is 9.47 Å². The molecule has 1 aromatic rings. The number of hydrogen-bond donors (Lipinski definition) is 0. The van der Waals surface area contributed by atoms with Crippen molar-refractivity contribution in [1.82, 2.24) is 0 Å². The Morgan fingerprint density at radius 3 is 2.63 bits per heavy atom. The van der Waals surface area contributed by atoms with Crippen molar-refractivity contribution in [2.24, 2.45) is 5.92 Å². The van der Waals surface area contributed by atoms with Crippen LogP contribution in [0.4, 0.5) is 0 Å². The highest BCUT2D eigenvalue weighted by Gasteiger charge is 2.27. The van der Waals surface area contributed by atoms with E-state index in [2.05, 4.69) is 6.92 Å². The van der Waals surface area contributed by atoms with E-state index in [-0.39, 0.29) is 12.1 Å². The van der Waals surface area contributed by atoms with Crippen LogP contribution in [0.2, 0.25) is 0 Å². The summed E-state index contributed by atoms with van der Waals surface area (Å²) in [6.45, 7) is 2.67. The highest BCUT2D eigenvalue weighted by Crippen LogP contribution is 2.24. The molecular formula is C15H20O4. The smallest absolute Gasteiger partial charge is 0.306 e. The highest BCUT2D eigenvalue weighted by atomic mass is 16.5. The average molecular weight is 264 g/mol. The second kappa shape index (κ2) is 6.45. The number of benzene rings is 1. The van der Waals surface area contributed by atoms with Crippen molar-refractivity contribution in [1.29, 1.82) is 0 Å².